The van der Waals surface area contributed by atoms with Gasteiger partial charge in [0.25, 0.3) is 0 Å². The number of nitrogens with one attached hydrogen (secondary N) is 1. The number of imidazole rings is 1. The van der Waals surface area contributed by atoms with E-state index in [1.54, 1.807) is 0 Å². The zero-order chi connectivity index (χ0) is 21.8. The third kappa shape index (κ3) is 2.94. The molecular weight excluding hydrogens is 416 g/mol. The number of aryl methyl sites for hydroxylation is 1. The summed E-state index contributed by atoms with van der Waals surface area (Å²) >= 11 is 0. The Morgan fingerprint density at radius 2 is 1.97 bits per heavy atom. The SMILES string of the molecule is c1ccc2c(c1)OCC21CCCc2nc3ccc(-c4cnc(NC5CCOC5)nc4)nc3n21. The quantitative estimate of drug-likeness (QED) is 0.521. The van der Waals surface area contributed by atoms with Gasteiger partial charge in [-0.3, -0.25) is 4.57 Å². The van der Waals surface area contributed by atoms with E-state index in [0.717, 1.165) is 66.3 Å². The van der Waals surface area contributed by atoms with E-state index in [2.05, 4.69) is 44.1 Å². The fourth-order valence-corrected chi connectivity index (χ4v) is 5.44. The number of aromatic nitrogens is 5. The Labute approximate surface area is 191 Å². The zero-order valence-corrected chi connectivity index (χ0v) is 18.2. The molecule has 1 fully saturated rings. The fraction of sp³-hybridized carbons (Fsp3) is 0.360. The van der Waals surface area contributed by atoms with E-state index in [1.807, 2.05) is 24.5 Å². The van der Waals surface area contributed by atoms with Crippen LogP contribution in [0.5, 0.6) is 5.75 Å². The van der Waals surface area contributed by atoms with Crippen LogP contribution in [0.25, 0.3) is 22.4 Å². The summed E-state index contributed by atoms with van der Waals surface area (Å²) in [6.45, 7) is 2.10. The average Bonchev–Trinajstić information content (AvgIpc) is 3.58. The summed E-state index contributed by atoms with van der Waals surface area (Å²) in [7, 11) is 0. The predicted molar refractivity (Wildman–Crippen MR) is 123 cm³/mol. The molecule has 3 aliphatic rings. The van der Waals surface area contributed by atoms with Crippen molar-refractivity contribution in [3.05, 3.63) is 60.2 Å². The summed E-state index contributed by atoms with van der Waals surface area (Å²) in [5.41, 5.74) is 4.51. The van der Waals surface area contributed by atoms with Gasteiger partial charge in [0, 0.05) is 36.5 Å². The Bertz CT molecular complexity index is 1350. The Morgan fingerprint density at radius 3 is 2.85 bits per heavy atom. The van der Waals surface area contributed by atoms with Gasteiger partial charge < -0.3 is 14.8 Å². The second-order valence-electron chi connectivity index (χ2n) is 9.07. The number of rotatable bonds is 3. The van der Waals surface area contributed by atoms with Crippen LogP contribution in [0.3, 0.4) is 0 Å². The number of anilines is 1. The molecule has 1 aromatic carbocycles. The highest BCUT2D eigenvalue weighted by Gasteiger charge is 2.46. The first kappa shape index (κ1) is 19.0. The standard InChI is InChI=1S/C25H24N6O2/c1-2-5-21-18(4-1)25(15-33-21)10-3-6-22-29-20-8-7-19(30-23(20)31(22)25)16-12-26-24(27-13-16)28-17-9-11-32-14-17/h1-2,4-5,7-8,12-13,17H,3,6,9-11,14-15H2,(H,26,27,28). The molecule has 1 N–H and O–H groups in total. The highest BCUT2D eigenvalue weighted by Crippen LogP contribution is 2.47. The Kier molecular flexibility index (Phi) is 4.17. The van der Waals surface area contributed by atoms with E-state index >= 15 is 0 Å². The van der Waals surface area contributed by atoms with Gasteiger partial charge in [0.05, 0.1) is 18.3 Å². The van der Waals surface area contributed by atoms with Crippen molar-refractivity contribution in [1.82, 2.24) is 24.5 Å². The number of benzene rings is 1. The molecule has 1 spiro atoms. The number of ether oxygens (including phenoxy) is 2. The Hall–Kier alpha value is -3.52. The number of hydrogen-bond acceptors (Lipinski definition) is 7. The summed E-state index contributed by atoms with van der Waals surface area (Å²) in [5, 5.41) is 3.33. The van der Waals surface area contributed by atoms with Crippen LogP contribution in [-0.2, 0) is 16.7 Å². The van der Waals surface area contributed by atoms with Crippen LogP contribution in [0.2, 0.25) is 0 Å². The molecular formula is C25H24N6O2. The average molecular weight is 441 g/mol. The van der Waals surface area contributed by atoms with E-state index in [-0.39, 0.29) is 11.6 Å². The van der Waals surface area contributed by atoms with Crippen molar-refractivity contribution in [3.8, 4) is 17.0 Å². The topological polar surface area (TPSA) is 87.0 Å². The minimum Gasteiger partial charge on any atom is -0.490 e. The first-order chi connectivity index (χ1) is 16.3. The summed E-state index contributed by atoms with van der Waals surface area (Å²) in [4.78, 5) is 19.0. The molecule has 0 saturated carbocycles. The van der Waals surface area contributed by atoms with Crippen molar-refractivity contribution in [3.63, 3.8) is 0 Å². The molecule has 3 aliphatic heterocycles. The molecule has 4 aromatic rings. The molecule has 33 heavy (non-hydrogen) atoms. The van der Waals surface area contributed by atoms with Gasteiger partial charge in [-0.25, -0.2) is 19.9 Å². The minimum atomic E-state index is -0.252. The Morgan fingerprint density at radius 1 is 1.06 bits per heavy atom. The van der Waals surface area contributed by atoms with E-state index in [9.17, 15) is 0 Å². The molecule has 0 radical (unpaired) electrons. The summed E-state index contributed by atoms with van der Waals surface area (Å²) < 4.78 is 13.9. The predicted octanol–water partition coefficient (Wildman–Crippen LogP) is 3.56. The third-order valence-corrected chi connectivity index (χ3v) is 7.06. The second kappa shape index (κ2) is 7.25. The minimum absolute atomic E-state index is 0.252. The van der Waals surface area contributed by atoms with Gasteiger partial charge in [0.2, 0.25) is 5.95 Å². The first-order valence-electron chi connectivity index (χ1n) is 11.6. The first-order valence-corrected chi connectivity index (χ1v) is 11.6. The lowest BCUT2D eigenvalue weighted by atomic mass is 9.83. The zero-order valence-electron chi connectivity index (χ0n) is 18.2. The van der Waals surface area contributed by atoms with E-state index in [4.69, 9.17) is 19.4 Å². The molecule has 1 saturated heterocycles. The Balaban J connectivity index is 1.29. The van der Waals surface area contributed by atoms with Gasteiger partial charge in [-0.2, -0.15) is 0 Å². The monoisotopic (exact) mass is 440 g/mol. The number of hydrogen-bond donors (Lipinski definition) is 1. The largest absolute Gasteiger partial charge is 0.490 e. The summed E-state index contributed by atoms with van der Waals surface area (Å²) in [6.07, 6.45) is 7.69. The molecule has 6 heterocycles. The van der Waals surface area contributed by atoms with Crippen molar-refractivity contribution in [1.29, 1.82) is 0 Å². The van der Waals surface area contributed by atoms with Crippen molar-refractivity contribution >= 4 is 17.1 Å². The van der Waals surface area contributed by atoms with Crippen LogP contribution in [0.4, 0.5) is 5.95 Å². The van der Waals surface area contributed by atoms with Crippen molar-refractivity contribution in [2.24, 2.45) is 0 Å². The van der Waals surface area contributed by atoms with Gasteiger partial charge >= 0.3 is 0 Å². The van der Waals surface area contributed by atoms with Gasteiger partial charge in [0.15, 0.2) is 5.65 Å². The number of para-hydroxylation sites is 1. The van der Waals surface area contributed by atoms with Crippen molar-refractivity contribution in [2.45, 2.75) is 37.3 Å². The lowest BCUT2D eigenvalue weighted by Crippen LogP contribution is -2.40. The second-order valence-corrected chi connectivity index (χ2v) is 9.07. The van der Waals surface area contributed by atoms with E-state index < -0.39 is 0 Å². The normalized spacial score (nSPS) is 23.5. The van der Waals surface area contributed by atoms with Crippen LogP contribution < -0.4 is 10.1 Å². The summed E-state index contributed by atoms with van der Waals surface area (Å²) in [5.74, 6) is 2.67. The molecule has 0 amide bonds. The lowest BCUT2D eigenvalue weighted by molar-refractivity contribution is 0.195. The number of pyridine rings is 1. The van der Waals surface area contributed by atoms with Gasteiger partial charge in [-0.15, -0.1) is 0 Å². The summed E-state index contributed by atoms with van der Waals surface area (Å²) in [6, 6.07) is 12.7. The molecule has 2 atom stereocenters. The molecule has 166 valence electrons. The molecule has 8 nitrogen and oxygen atoms in total. The molecule has 3 aromatic heterocycles. The van der Waals surface area contributed by atoms with E-state index in [0.29, 0.717) is 19.2 Å². The van der Waals surface area contributed by atoms with E-state index in [1.165, 1.54) is 5.56 Å². The van der Waals surface area contributed by atoms with Gasteiger partial charge in [-0.05, 0) is 37.5 Å². The van der Waals surface area contributed by atoms with Gasteiger partial charge in [-0.1, -0.05) is 18.2 Å². The molecule has 0 bridgehead atoms. The molecule has 7 rings (SSSR count). The van der Waals surface area contributed by atoms with Crippen LogP contribution >= 0.6 is 0 Å². The molecule has 8 heteroatoms. The van der Waals surface area contributed by atoms with Gasteiger partial charge in [0.1, 0.15) is 29.2 Å². The van der Waals surface area contributed by atoms with Crippen LogP contribution in [0.15, 0.2) is 48.8 Å². The number of nitrogens with zero attached hydrogens (tertiary/aromatic N) is 5. The molecule has 2 unspecified atom stereocenters. The van der Waals surface area contributed by atoms with Crippen LogP contribution in [-0.4, -0.2) is 50.4 Å². The number of fused-ring (bicyclic) bond motifs is 6. The maximum Gasteiger partial charge on any atom is 0.222 e. The fourth-order valence-electron chi connectivity index (χ4n) is 5.44. The highest BCUT2D eigenvalue weighted by atomic mass is 16.5. The maximum atomic E-state index is 6.14. The molecule has 0 aliphatic carbocycles. The third-order valence-electron chi connectivity index (χ3n) is 7.06. The highest BCUT2D eigenvalue weighted by molar-refractivity contribution is 5.77. The smallest absolute Gasteiger partial charge is 0.222 e. The van der Waals surface area contributed by atoms with Crippen molar-refractivity contribution < 1.29 is 9.47 Å². The maximum absolute atomic E-state index is 6.14. The lowest BCUT2D eigenvalue weighted by Gasteiger charge is -2.35. The van der Waals surface area contributed by atoms with Crippen molar-refractivity contribution in [2.75, 3.05) is 25.1 Å². The van der Waals surface area contributed by atoms with Crippen LogP contribution in [0.1, 0.15) is 30.7 Å². The van der Waals surface area contributed by atoms with Crippen LogP contribution in [0, 0.1) is 0 Å².